The van der Waals surface area contributed by atoms with Crippen molar-refractivity contribution in [3.63, 3.8) is 0 Å². The molecule has 0 unspecified atom stereocenters. The van der Waals surface area contributed by atoms with Crippen LogP contribution in [-0.4, -0.2) is 4.98 Å². The van der Waals surface area contributed by atoms with Crippen LogP contribution < -0.4 is 5.73 Å². The first-order chi connectivity index (χ1) is 8.36. The van der Waals surface area contributed by atoms with Crippen molar-refractivity contribution < 1.29 is 17.6 Å². The van der Waals surface area contributed by atoms with Crippen LogP contribution in [0.1, 0.15) is 16.0 Å². The van der Waals surface area contributed by atoms with Gasteiger partial charge in [-0.2, -0.15) is 13.2 Å². The van der Waals surface area contributed by atoms with Crippen molar-refractivity contribution in [1.82, 2.24) is 4.98 Å². The molecule has 0 fully saturated rings. The first-order valence-electron chi connectivity index (χ1n) is 4.92. The van der Waals surface area contributed by atoms with Gasteiger partial charge >= 0.3 is 6.18 Å². The van der Waals surface area contributed by atoms with Crippen molar-refractivity contribution in [2.45, 2.75) is 12.6 Å². The van der Waals surface area contributed by atoms with Crippen molar-refractivity contribution in [2.75, 3.05) is 5.73 Å². The number of hydrogen-bond acceptors (Lipinski definition) is 3. The molecule has 1 heterocycles. The van der Waals surface area contributed by atoms with Gasteiger partial charge in [0.05, 0.1) is 5.56 Å². The van der Waals surface area contributed by atoms with Crippen molar-refractivity contribution in [2.24, 2.45) is 0 Å². The van der Waals surface area contributed by atoms with Crippen molar-refractivity contribution in [3.8, 4) is 0 Å². The van der Waals surface area contributed by atoms with Crippen LogP contribution in [0, 0.1) is 5.82 Å². The molecule has 1 aromatic heterocycles. The SMILES string of the molecule is Nc1ncc(Cc2ccc(F)c(C(F)(F)F)c2)s1. The smallest absolute Gasteiger partial charge is 0.375 e. The van der Waals surface area contributed by atoms with Crippen LogP contribution in [0.5, 0.6) is 0 Å². The highest BCUT2D eigenvalue weighted by molar-refractivity contribution is 7.15. The van der Waals surface area contributed by atoms with Gasteiger partial charge < -0.3 is 5.73 Å². The number of nitrogens with two attached hydrogens (primary N) is 1. The fourth-order valence-corrected chi connectivity index (χ4v) is 2.22. The van der Waals surface area contributed by atoms with E-state index in [1.54, 1.807) is 0 Å². The van der Waals surface area contributed by atoms with E-state index in [1.165, 1.54) is 23.6 Å². The molecule has 0 aliphatic carbocycles. The number of benzene rings is 1. The lowest BCUT2D eigenvalue weighted by Gasteiger charge is -2.09. The summed E-state index contributed by atoms with van der Waals surface area (Å²) in [7, 11) is 0. The fraction of sp³-hybridized carbons (Fsp3) is 0.182. The molecule has 0 atom stereocenters. The molecular formula is C11H8F4N2S. The lowest BCUT2D eigenvalue weighted by atomic mass is 10.1. The highest BCUT2D eigenvalue weighted by Crippen LogP contribution is 2.32. The van der Waals surface area contributed by atoms with Gasteiger partial charge in [0.1, 0.15) is 5.82 Å². The van der Waals surface area contributed by atoms with Crippen LogP contribution in [0.3, 0.4) is 0 Å². The zero-order valence-electron chi connectivity index (χ0n) is 8.96. The van der Waals surface area contributed by atoms with E-state index in [9.17, 15) is 17.6 Å². The lowest BCUT2D eigenvalue weighted by Crippen LogP contribution is -2.08. The summed E-state index contributed by atoms with van der Waals surface area (Å²) in [5.74, 6) is -1.27. The molecule has 7 heteroatoms. The number of nitrogen functional groups attached to an aromatic ring is 1. The van der Waals surface area contributed by atoms with Crippen molar-refractivity contribution in [1.29, 1.82) is 0 Å². The Morgan fingerprint density at radius 2 is 2.00 bits per heavy atom. The summed E-state index contributed by atoms with van der Waals surface area (Å²) >= 11 is 1.19. The maximum Gasteiger partial charge on any atom is 0.419 e. The van der Waals surface area contributed by atoms with E-state index in [-0.39, 0.29) is 6.42 Å². The first kappa shape index (κ1) is 12.8. The summed E-state index contributed by atoms with van der Waals surface area (Å²) in [6.07, 6.45) is -2.94. The molecule has 2 aromatic rings. The van der Waals surface area contributed by atoms with E-state index in [0.717, 1.165) is 17.0 Å². The predicted molar refractivity (Wildman–Crippen MR) is 60.7 cm³/mol. The summed E-state index contributed by atoms with van der Waals surface area (Å²) in [4.78, 5) is 4.53. The number of hydrogen-bond donors (Lipinski definition) is 1. The summed E-state index contributed by atoms with van der Waals surface area (Å²) < 4.78 is 50.6. The predicted octanol–water partition coefficient (Wildman–Crippen LogP) is 3.47. The molecule has 0 radical (unpaired) electrons. The van der Waals surface area contributed by atoms with Gasteiger partial charge in [0, 0.05) is 17.5 Å². The van der Waals surface area contributed by atoms with Crippen LogP contribution in [0.15, 0.2) is 24.4 Å². The molecule has 2 N–H and O–H groups in total. The van der Waals surface area contributed by atoms with E-state index < -0.39 is 17.6 Å². The Morgan fingerprint density at radius 1 is 1.28 bits per heavy atom. The van der Waals surface area contributed by atoms with Gasteiger partial charge in [-0.25, -0.2) is 9.37 Å². The Hall–Kier alpha value is -1.63. The molecule has 18 heavy (non-hydrogen) atoms. The van der Waals surface area contributed by atoms with Crippen LogP contribution >= 0.6 is 11.3 Å². The molecule has 0 aliphatic heterocycles. The molecule has 96 valence electrons. The number of nitrogens with zero attached hydrogens (tertiary/aromatic N) is 1. The minimum Gasteiger partial charge on any atom is -0.375 e. The zero-order chi connectivity index (χ0) is 13.3. The second kappa shape index (κ2) is 4.56. The topological polar surface area (TPSA) is 38.9 Å². The van der Waals surface area contributed by atoms with Gasteiger partial charge in [0.2, 0.25) is 0 Å². The standard InChI is InChI=1S/C11H8F4N2S/c12-9-2-1-6(4-8(9)11(13,14)15)3-7-5-17-10(16)18-7/h1-2,4-5H,3H2,(H2,16,17). The van der Waals surface area contributed by atoms with Gasteiger partial charge in [-0.05, 0) is 17.7 Å². The fourth-order valence-electron chi connectivity index (χ4n) is 1.51. The number of anilines is 1. The quantitative estimate of drug-likeness (QED) is 0.853. The Kier molecular flexibility index (Phi) is 3.25. The van der Waals surface area contributed by atoms with Gasteiger partial charge in [0.15, 0.2) is 5.13 Å². The van der Waals surface area contributed by atoms with Gasteiger partial charge in [-0.1, -0.05) is 6.07 Å². The third-order valence-electron chi connectivity index (χ3n) is 2.29. The zero-order valence-corrected chi connectivity index (χ0v) is 9.78. The molecule has 0 aliphatic rings. The van der Waals surface area contributed by atoms with Crippen LogP contribution in [-0.2, 0) is 12.6 Å². The van der Waals surface area contributed by atoms with Crippen molar-refractivity contribution in [3.05, 3.63) is 46.2 Å². The first-order valence-corrected chi connectivity index (χ1v) is 5.73. The third kappa shape index (κ3) is 2.79. The van der Waals surface area contributed by atoms with Gasteiger partial charge in [0.25, 0.3) is 0 Å². The number of halogens is 4. The minimum atomic E-state index is -4.69. The molecule has 2 nitrogen and oxygen atoms in total. The normalized spacial score (nSPS) is 11.8. The van der Waals surface area contributed by atoms with E-state index in [4.69, 9.17) is 5.73 Å². The molecule has 0 amide bonds. The Balaban J connectivity index is 2.30. The van der Waals surface area contributed by atoms with Crippen LogP contribution in [0.25, 0.3) is 0 Å². The average molecular weight is 276 g/mol. The number of rotatable bonds is 2. The monoisotopic (exact) mass is 276 g/mol. The molecule has 0 spiro atoms. The van der Waals surface area contributed by atoms with Gasteiger partial charge in [-0.15, -0.1) is 11.3 Å². The lowest BCUT2D eigenvalue weighted by molar-refractivity contribution is -0.140. The highest BCUT2D eigenvalue weighted by Gasteiger charge is 2.34. The summed E-state index contributed by atoms with van der Waals surface area (Å²) in [5.41, 5.74) is 4.54. The maximum atomic E-state index is 13.1. The van der Waals surface area contributed by atoms with E-state index in [2.05, 4.69) is 4.98 Å². The van der Waals surface area contributed by atoms with Crippen LogP contribution in [0.2, 0.25) is 0 Å². The molecule has 1 aromatic carbocycles. The second-order valence-corrected chi connectivity index (χ2v) is 4.80. The van der Waals surface area contributed by atoms with Gasteiger partial charge in [-0.3, -0.25) is 0 Å². The molecule has 0 saturated heterocycles. The molecule has 2 rings (SSSR count). The number of thiazole rings is 1. The molecule has 0 saturated carbocycles. The van der Waals surface area contributed by atoms with Crippen LogP contribution in [0.4, 0.5) is 22.7 Å². The largest absolute Gasteiger partial charge is 0.419 e. The van der Waals surface area contributed by atoms with E-state index >= 15 is 0 Å². The van der Waals surface area contributed by atoms with Crippen molar-refractivity contribution >= 4 is 16.5 Å². The summed E-state index contributed by atoms with van der Waals surface area (Å²) in [6.45, 7) is 0. The van der Waals surface area contributed by atoms with E-state index in [1.807, 2.05) is 0 Å². The second-order valence-electron chi connectivity index (χ2n) is 3.65. The Bertz CT molecular complexity index is 562. The molecule has 0 bridgehead atoms. The number of alkyl halides is 3. The average Bonchev–Trinajstić information content (AvgIpc) is 2.65. The Morgan fingerprint density at radius 3 is 2.56 bits per heavy atom. The Labute approximate surface area is 104 Å². The van der Waals surface area contributed by atoms with E-state index in [0.29, 0.717) is 10.7 Å². The highest BCUT2D eigenvalue weighted by atomic mass is 32.1. The maximum absolute atomic E-state index is 13.1. The summed E-state index contributed by atoms with van der Waals surface area (Å²) in [6, 6.07) is 2.95. The minimum absolute atomic E-state index is 0.248. The molecular weight excluding hydrogens is 268 g/mol. The summed E-state index contributed by atoms with van der Waals surface area (Å²) in [5, 5.41) is 0.350. The number of aromatic nitrogens is 1. The third-order valence-corrected chi connectivity index (χ3v) is 3.11.